The highest BCUT2D eigenvalue weighted by atomic mass is 32.2. The molecule has 0 spiro atoms. The van der Waals surface area contributed by atoms with Crippen LogP contribution in [-0.4, -0.2) is 69.8 Å². The summed E-state index contributed by atoms with van der Waals surface area (Å²) < 4.78 is 37.7. The van der Waals surface area contributed by atoms with Crippen LogP contribution in [0.25, 0.3) is 0 Å². The number of hydrogen-bond acceptors (Lipinski definition) is 6. The fraction of sp³-hybridized carbons (Fsp3) is 0.517. The summed E-state index contributed by atoms with van der Waals surface area (Å²) in [5.74, 6) is 0.729. The van der Waals surface area contributed by atoms with Crippen LogP contribution < -0.4 is 19.1 Å². The zero-order valence-corrected chi connectivity index (χ0v) is 24.2. The number of ether oxygens (including phenoxy) is 2. The molecular formula is C29H41N3O6S. The number of nitrogens with one attached hydrogen (secondary N) is 1. The van der Waals surface area contributed by atoms with E-state index in [1.807, 2.05) is 51.1 Å². The molecule has 0 radical (unpaired) electrons. The Labute approximate surface area is 232 Å². The molecule has 10 heteroatoms. The Morgan fingerprint density at radius 1 is 0.974 bits per heavy atom. The molecule has 2 unspecified atom stereocenters. The molecule has 2 aromatic rings. The second-order valence-corrected chi connectivity index (χ2v) is 11.7. The van der Waals surface area contributed by atoms with Crippen molar-refractivity contribution < 1.29 is 27.5 Å². The molecule has 2 amide bonds. The number of anilines is 1. The van der Waals surface area contributed by atoms with Crippen molar-refractivity contribution in [2.24, 2.45) is 0 Å². The van der Waals surface area contributed by atoms with Crippen LogP contribution in [0.1, 0.15) is 52.0 Å². The number of rotatable bonds is 14. The van der Waals surface area contributed by atoms with Crippen molar-refractivity contribution in [3.8, 4) is 11.5 Å². The first-order valence-corrected chi connectivity index (χ1v) is 15.5. The van der Waals surface area contributed by atoms with E-state index in [2.05, 4.69) is 5.32 Å². The van der Waals surface area contributed by atoms with E-state index < -0.39 is 16.1 Å². The standard InChI is InChI=1S/C29H41N3O6S/c1-5-22(3)30-29(34)25(6-2)31(18-16-23-11-8-7-9-12-23)28(33)13-10-17-32(39(4,35)36)24-14-15-26-27(21-24)38-20-19-37-26/h7-9,11-12,14-15,21-22,25H,5-6,10,13,16-20H2,1-4H3,(H,30,34). The predicted octanol–water partition coefficient (Wildman–Crippen LogP) is 3.77. The van der Waals surface area contributed by atoms with Gasteiger partial charge in [0, 0.05) is 31.6 Å². The first-order chi connectivity index (χ1) is 18.6. The van der Waals surface area contributed by atoms with Gasteiger partial charge in [-0.2, -0.15) is 0 Å². The van der Waals surface area contributed by atoms with Crippen LogP contribution in [0.2, 0.25) is 0 Å². The quantitative estimate of drug-likeness (QED) is 0.378. The van der Waals surface area contributed by atoms with E-state index in [1.165, 1.54) is 4.31 Å². The normalized spacial score (nSPS) is 14.3. The molecule has 2 atom stereocenters. The first kappa shape index (κ1) is 30.3. The van der Waals surface area contributed by atoms with Gasteiger partial charge in [-0.3, -0.25) is 13.9 Å². The summed E-state index contributed by atoms with van der Waals surface area (Å²) >= 11 is 0. The smallest absolute Gasteiger partial charge is 0.243 e. The number of amides is 2. The van der Waals surface area contributed by atoms with Crippen LogP contribution in [0.3, 0.4) is 0 Å². The zero-order valence-electron chi connectivity index (χ0n) is 23.4. The maximum absolute atomic E-state index is 13.5. The first-order valence-electron chi connectivity index (χ1n) is 13.6. The van der Waals surface area contributed by atoms with Gasteiger partial charge < -0.3 is 19.7 Å². The van der Waals surface area contributed by atoms with Gasteiger partial charge in [-0.15, -0.1) is 0 Å². The van der Waals surface area contributed by atoms with E-state index in [0.29, 0.717) is 56.2 Å². The largest absolute Gasteiger partial charge is 0.486 e. The molecule has 3 rings (SSSR count). The van der Waals surface area contributed by atoms with Gasteiger partial charge in [0.05, 0.1) is 11.9 Å². The molecule has 0 saturated carbocycles. The third-order valence-corrected chi connectivity index (χ3v) is 8.03. The minimum Gasteiger partial charge on any atom is -0.486 e. The summed E-state index contributed by atoms with van der Waals surface area (Å²) in [6, 6.07) is 14.3. The van der Waals surface area contributed by atoms with Crippen LogP contribution in [0.4, 0.5) is 5.69 Å². The van der Waals surface area contributed by atoms with Gasteiger partial charge in [0.2, 0.25) is 21.8 Å². The van der Waals surface area contributed by atoms with Gasteiger partial charge in [0.1, 0.15) is 19.3 Å². The molecule has 0 fully saturated rings. The van der Waals surface area contributed by atoms with Crippen molar-refractivity contribution in [3.63, 3.8) is 0 Å². The Hall–Kier alpha value is -3.27. The molecule has 0 saturated heterocycles. The lowest BCUT2D eigenvalue weighted by Gasteiger charge is -2.32. The van der Waals surface area contributed by atoms with E-state index in [-0.39, 0.29) is 30.8 Å². The molecular weight excluding hydrogens is 518 g/mol. The summed E-state index contributed by atoms with van der Waals surface area (Å²) in [4.78, 5) is 28.3. The maximum Gasteiger partial charge on any atom is 0.243 e. The number of fused-ring (bicyclic) bond motifs is 1. The Morgan fingerprint density at radius 3 is 2.31 bits per heavy atom. The van der Waals surface area contributed by atoms with Gasteiger partial charge in [-0.1, -0.05) is 44.2 Å². The monoisotopic (exact) mass is 559 g/mol. The summed E-state index contributed by atoms with van der Waals surface area (Å²) in [6.07, 6.45) is 3.44. The van der Waals surface area contributed by atoms with E-state index in [4.69, 9.17) is 9.47 Å². The number of nitrogens with zero attached hydrogens (tertiary/aromatic N) is 2. The summed E-state index contributed by atoms with van der Waals surface area (Å²) in [7, 11) is -3.61. The maximum atomic E-state index is 13.5. The van der Waals surface area contributed by atoms with Gasteiger partial charge in [-0.25, -0.2) is 8.42 Å². The lowest BCUT2D eigenvalue weighted by Crippen LogP contribution is -2.51. The van der Waals surface area contributed by atoms with Crippen molar-refractivity contribution in [1.82, 2.24) is 10.2 Å². The van der Waals surface area contributed by atoms with Gasteiger partial charge >= 0.3 is 0 Å². The van der Waals surface area contributed by atoms with Gasteiger partial charge in [0.25, 0.3) is 0 Å². The summed E-state index contributed by atoms with van der Waals surface area (Å²) in [5, 5.41) is 3.01. The topological polar surface area (TPSA) is 105 Å². The minimum atomic E-state index is -3.61. The van der Waals surface area contributed by atoms with Crippen molar-refractivity contribution in [1.29, 1.82) is 0 Å². The lowest BCUT2D eigenvalue weighted by molar-refractivity contribution is -0.141. The van der Waals surface area contributed by atoms with Crippen LogP contribution in [0.15, 0.2) is 48.5 Å². The van der Waals surface area contributed by atoms with Crippen molar-refractivity contribution in [2.75, 3.05) is 36.9 Å². The fourth-order valence-corrected chi connectivity index (χ4v) is 5.49. The second-order valence-electron chi connectivity index (χ2n) is 9.83. The Balaban J connectivity index is 1.73. The van der Waals surface area contributed by atoms with Gasteiger partial charge in [0.15, 0.2) is 11.5 Å². The minimum absolute atomic E-state index is 0.00643. The second kappa shape index (κ2) is 14.2. The van der Waals surface area contributed by atoms with Crippen LogP contribution in [0, 0.1) is 0 Å². The summed E-state index contributed by atoms with van der Waals surface area (Å²) in [5.41, 5.74) is 1.53. The number of sulfonamides is 1. The number of hydrogen-bond donors (Lipinski definition) is 1. The molecule has 1 N–H and O–H groups in total. The molecule has 1 heterocycles. The molecule has 1 aliphatic heterocycles. The van der Waals surface area contributed by atoms with E-state index in [9.17, 15) is 18.0 Å². The van der Waals surface area contributed by atoms with E-state index in [1.54, 1.807) is 23.1 Å². The number of benzene rings is 2. The molecule has 2 aromatic carbocycles. The third kappa shape index (κ3) is 8.61. The average molecular weight is 560 g/mol. The predicted molar refractivity (Wildman–Crippen MR) is 153 cm³/mol. The van der Waals surface area contributed by atoms with E-state index >= 15 is 0 Å². The highest BCUT2D eigenvalue weighted by Gasteiger charge is 2.29. The Kier molecular flexibility index (Phi) is 11.0. The number of carbonyl (C=O) groups excluding carboxylic acids is 2. The van der Waals surface area contributed by atoms with Crippen LogP contribution in [0.5, 0.6) is 11.5 Å². The highest BCUT2D eigenvalue weighted by Crippen LogP contribution is 2.34. The Bertz CT molecular complexity index is 1200. The van der Waals surface area contributed by atoms with Crippen molar-refractivity contribution in [3.05, 3.63) is 54.1 Å². The molecule has 0 bridgehead atoms. The highest BCUT2D eigenvalue weighted by molar-refractivity contribution is 7.92. The van der Waals surface area contributed by atoms with E-state index in [0.717, 1.165) is 18.2 Å². The third-order valence-electron chi connectivity index (χ3n) is 6.84. The van der Waals surface area contributed by atoms with Crippen molar-refractivity contribution >= 4 is 27.5 Å². The number of carbonyl (C=O) groups is 2. The average Bonchev–Trinajstić information content (AvgIpc) is 2.92. The SMILES string of the molecule is CCC(C)NC(=O)C(CC)N(CCc1ccccc1)C(=O)CCCN(c1ccc2c(c1)OCCO2)S(C)(=O)=O. The van der Waals surface area contributed by atoms with Crippen LogP contribution >= 0.6 is 0 Å². The lowest BCUT2D eigenvalue weighted by atomic mass is 10.1. The molecule has 0 aromatic heterocycles. The summed E-state index contributed by atoms with van der Waals surface area (Å²) in [6.45, 7) is 7.19. The van der Waals surface area contributed by atoms with Crippen molar-refractivity contribution in [2.45, 2.75) is 65.0 Å². The molecule has 39 heavy (non-hydrogen) atoms. The fourth-order valence-electron chi connectivity index (χ4n) is 4.53. The Morgan fingerprint density at radius 2 is 1.67 bits per heavy atom. The van der Waals surface area contributed by atoms with Crippen LogP contribution in [-0.2, 0) is 26.0 Å². The molecule has 0 aliphatic carbocycles. The zero-order chi connectivity index (χ0) is 28.4. The van der Waals surface area contributed by atoms with Gasteiger partial charge in [-0.05, 0) is 50.3 Å². The molecule has 9 nitrogen and oxygen atoms in total. The molecule has 1 aliphatic rings. The molecule has 214 valence electrons.